The number of pyridine rings is 1. The molecule has 2 heterocycles. The summed E-state index contributed by atoms with van der Waals surface area (Å²) >= 11 is 0. The average molecular weight is 308 g/mol. The highest BCUT2D eigenvalue weighted by molar-refractivity contribution is 5.83. The van der Waals surface area contributed by atoms with Crippen molar-refractivity contribution in [3.8, 4) is 0 Å². The highest BCUT2D eigenvalue weighted by atomic mass is 16.2. The molecule has 7 heteroatoms. The van der Waals surface area contributed by atoms with Gasteiger partial charge in [0.15, 0.2) is 6.04 Å². The third-order valence-corrected chi connectivity index (χ3v) is 3.46. The predicted molar refractivity (Wildman–Crippen MR) is 83.3 cm³/mol. The van der Waals surface area contributed by atoms with Crippen LogP contribution in [0, 0.1) is 0 Å². The van der Waals surface area contributed by atoms with E-state index in [0.717, 1.165) is 17.5 Å². The first-order chi connectivity index (χ1) is 11.3. The molecule has 0 aliphatic heterocycles. The Bertz CT molecular complexity index is 730. The molecule has 0 radical (unpaired) electrons. The Balaban J connectivity index is 1.69. The molecule has 3 rings (SSSR count). The predicted octanol–water partition coefficient (Wildman–Crippen LogP) is 1.02. The van der Waals surface area contributed by atoms with Crippen molar-refractivity contribution < 1.29 is 4.79 Å². The number of tetrazole rings is 1. The zero-order valence-corrected chi connectivity index (χ0v) is 12.4. The molecule has 0 aliphatic carbocycles. The standard InChI is InChI=1S/C16H16N6O/c23-16(18-11-8-13-6-9-17-10-7-13)15(22-12-19-20-21-22)14-4-2-1-3-5-14/h1-7,9-10,12,15H,8,11H2,(H,18,23)/t15-/m1/s1. The van der Waals surface area contributed by atoms with E-state index < -0.39 is 6.04 Å². The quantitative estimate of drug-likeness (QED) is 0.734. The molecule has 0 saturated carbocycles. The molecule has 0 unspecified atom stereocenters. The molecule has 1 aromatic carbocycles. The fourth-order valence-electron chi connectivity index (χ4n) is 2.32. The van der Waals surface area contributed by atoms with Crippen LogP contribution in [0.5, 0.6) is 0 Å². The normalized spacial score (nSPS) is 11.8. The van der Waals surface area contributed by atoms with E-state index in [1.165, 1.54) is 11.0 Å². The van der Waals surface area contributed by atoms with E-state index in [4.69, 9.17) is 0 Å². The van der Waals surface area contributed by atoms with E-state index in [1.807, 2.05) is 42.5 Å². The van der Waals surface area contributed by atoms with Crippen LogP contribution in [0.25, 0.3) is 0 Å². The van der Waals surface area contributed by atoms with Crippen molar-refractivity contribution in [2.24, 2.45) is 0 Å². The molecular formula is C16H16N6O. The topological polar surface area (TPSA) is 85.6 Å². The van der Waals surface area contributed by atoms with Crippen LogP contribution in [-0.4, -0.2) is 37.6 Å². The second-order valence-electron chi connectivity index (χ2n) is 5.00. The fourth-order valence-corrected chi connectivity index (χ4v) is 2.32. The van der Waals surface area contributed by atoms with Gasteiger partial charge in [0.2, 0.25) is 5.91 Å². The van der Waals surface area contributed by atoms with Crippen LogP contribution >= 0.6 is 0 Å². The summed E-state index contributed by atoms with van der Waals surface area (Å²) in [5.74, 6) is -0.141. The van der Waals surface area contributed by atoms with Gasteiger partial charge in [-0.2, -0.15) is 0 Å². The van der Waals surface area contributed by atoms with E-state index >= 15 is 0 Å². The number of amides is 1. The summed E-state index contributed by atoms with van der Waals surface area (Å²) in [5.41, 5.74) is 1.96. The summed E-state index contributed by atoms with van der Waals surface area (Å²) in [6.07, 6.45) is 5.67. The minimum atomic E-state index is -0.580. The molecular weight excluding hydrogens is 292 g/mol. The van der Waals surface area contributed by atoms with Crippen molar-refractivity contribution in [1.29, 1.82) is 0 Å². The zero-order valence-electron chi connectivity index (χ0n) is 12.4. The molecule has 116 valence electrons. The lowest BCUT2D eigenvalue weighted by Gasteiger charge is -2.16. The smallest absolute Gasteiger partial charge is 0.249 e. The molecule has 23 heavy (non-hydrogen) atoms. The molecule has 2 aromatic heterocycles. The van der Waals surface area contributed by atoms with Crippen molar-refractivity contribution in [2.45, 2.75) is 12.5 Å². The summed E-state index contributed by atoms with van der Waals surface area (Å²) in [6.45, 7) is 0.536. The molecule has 1 atom stereocenters. The van der Waals surface area contributed by atoms with Gasteiger partial charge in [0, 0.05) is 18.9 Å². The third-order valence-electron chi connectivity index (χ3n) is 3.46. The Hall–Kier alpha value is -3.09. The molecule has 0 fully saturated rings. The number of carbonyl (C=O) groups is 1. The Morgan fingerprint density at radius 3 is 2.61 bits per heavy atom. The molecule has 0 saturated heterocycles. The molecule has 0 bridgehead atoms. The monoisotopic (exact) mass is 308 g/mol. The van der Waals surface area contributed by atoms with Gasteiger partial charge in [-0.15, -0.1) is 5.10 Å². The molecule has 3 aromatic rings. The Labute approximate surface area is 133 Å². The number of rotatable bonds is 6. The van der Waals surface area contributed by atoms with Crippen LogP contribution < -0.4 is 5.32 Å². The number of carbonyl (C=O) groups excluding carboxylic acids is 1. The third kappa shape index (κ3) is 3.76. The van der Waals surface area contributed by atoms with E-state index in [2.05, 4.69) is 25.8 Å². The SMILES string of the molecule is O=C(NCCc1ccncc1)[C@@H](c1ccccc1)n1cnnn1. The van der Waals surface area contributed by atoms with Gasteiger partial charge in [-0.25, -0.2) is 4.68 Å². The van der Waals surface area contributed by atoms with Gasteiger partial charge in [-0.05, 0) is 40.1 Å². The van der Waals surface area contributed by atoms with Crippen molar-refractivity contribution >= 4 is 5.91 Å². The lowest BCUT2D eigenvalue weighted by Crippen LogP contribution is -2.34. The Morgan fingerprint density at radius 1 is 1.13 bits per heavy atom. The van der Waals surface area contributed by atoms with E-state index in [-0.39, 0.29) is 5.91 Å². The molecule has 1 N–H and O–H groups in total. The minimum absolute atomic E-state index is 0.141. The first-order valence-corrected chi connectivity index (χ1v) is 7.28. The van der Waals surface area contributed by atoms with Crippen LogP contribution in [-0.2, 0) is 11.2 Å². The molecule has 1 amide bonds. The number of nitrogens with one attached hydrogen (secondary N) is 1. The highest BCUT2D eigenvalue weighted by Crippen LogP contribution is 2.16. The van der Waals surface area contributed by atoms with Crippen LogP contribution in [0.3, 0.4) is 0 Å². The van der Waals surface area contributed by atoms with E-state index in [1.54, 1.807) is 12.4 Å². The Kier molecular flexibility index (Phi) is 4.68. The lowest BCUT2D eigenvalue weighted by atomic mass is 10.1. The van der Waals surface area contributed by atoms with Gasteiger partial charge in [-0.3, -0.25) is 9.78 Å². The lowest BCUT2D eigenvalue weighted by molar-refractivity contribution is -0.123. The van der Waals surface area contributed by atoms with Gasteiger partial charge in [0.1, 0.15) is 6.33 Å². The van der Waals surface area contributed by atoms with Gasteiger partial charge in [0.05, 0.1) is 0 Å². The number of nitrogens with zero attached hydrogens (tertiary/aromatic N) is 5. The maximum atomic E-state index is 12.6. The first-order valence-electron chi connectivity index (χ1n) is 7.28. The van der Waals surface area contributed by atoms with Gasteiger partial charge < -0.3 is 5.32 Å². The number of aromatic nitrogens is 5. The highest BCUT2D eigenvalue weighted by Gasteiger charge is 2.23. The molecule has 0 spiro atoms. The van der Waals surface area contributed by atoms with E-state index in [9.17, 15) is 4.79 Å². The van der Waals surface area contributed by atoms with Crippen LogP contribution in [0.4, 0.5) is 0 Å². The minimum Gasteiger partial charge on any atom is -0.354 e. The van der Waals surface area contributed by atoms with Crippen molar-refractivity contribution in [1.82, 2.24) is 30.5 Å². The Morgan fingerprint density at radius 2 is 1.91 bits per heavy atom. The van der Waals surface area contributed by atoms with E-state index in [0.29, 0.717) is 6.54 Å². The largest absolute Gasteiger partial charge is 0.354 e. The van der Waals surface area contributed by atoms with Crippen molar-refractivity contribution in [2.75, 3.05) is 6.54 Å². The van der Waals surface area contributed by atoms with Crippen LogP contribution in [0.1, 0.15) is 17.2 Å². The first kappa shape index (κ1) is 14.8. The number of hydrogen-bond donors (Lipinski definition) is 1. The van der Waals surface area contributed by atoms with Crippen LogP contribution in [0.2, 0.25) is 0 Å². The molecule has 7 nitrogen and oxygen atoms in total. The average Bonchev–Trinajstić information content (AvgIpc) is 3.11. The second kappa shape index (κ2) is 7.26. The number of benzene rings is 1. The summed E-state index contributed by atoms with van der Waals surface area (Å²) in [4.78, 5) is 16.6. The maximum Gasteiger partial charge on any atom is 0.249 e. The molecule has 0 aliphatic rings. The van der Waals surface area contributed by atoms with Gasteiger partial charge in [0.25, 0.3) is 0 Å². The van der Waals surface area contributed by atoms with Crippen molar-refractivity contribution in [3.05, 3.63) is 72.3 Å². The number of hydrogen-bond acceptors (Lipinski definition) is 5. The van der Waals surface area contributed by atoms with Crippen LogP contribution in [0.15, 0.2) is 61.2 Å². The van der Waals surface area contributed by atoms with Gasteiger partial charge in [-0.1, -0.05) is 30.3 Å². The summed E-state index contributed by atoms with van der Waals surface area (Å²) in [6, 6.07) is 12.7. The zero-order chi connectivity index (χ0) is 15.9. The van der Waals surface area contributed by atoms with Gasteiger partial charge >= 0.3 is 0 Å². The summed E-state index contributed by atoms with van der Waals surface area (Å²) in [5, 5.41) is 14.1. The fraction of sp³-hybridized carbons (Fsp3) is 0.188. The van der Waals surface area contributed by atoms with Crippen molar-refractivity contribution in [3.63, 3.8) is 0 Å². The summed E-state index contributed by atoms with van der Waals surface area (Å²) in [7, 11) is 0. The summed E-state index contributed by atoms with van der Waals surface area (Å²) < 4.78 is 1.46. The second-order valence-corrected chi connectivity index (χ2v) is 5.00. The maximum absolute atomic E-state index is 12.6.